The molecule has 0 saturated heterocycles. The fraction of sp³-hybridized carbons (Fsp3) is 0.444. The van der Waals surface area contributed by atoms with Crippen LogP contribution in [0.1, 0.15) is 50.7 Å². The quantitative estimate of drug-likeness (QED) is 0.296. The van der Waals surface area contributed by atoms with Crippen LogP contribution >= 0.6 is 10.2 Å². The lowest BCUT2D eigenvalue weighted by Crippen LogP contribution is -2.14. The normalized spacial score (nSPS) is 15.7. The minimum absolute atomic E-state index is 0.0564. The largest absolute Gasteiger partial charge is 0.313 e. The summed E-state index contributed by atoms with van der Waals surface area (Å²) in [6, 6.07) is 2.16. The van der Waals surface area contributed by atoms with E-state index < -0.39 is 26.5 Å². The molecule has 0 heterocycles. The number of aryl methyl sites for hydroxylation is 2. The van der Waals surface area contributed by atoms with Gasteiger partial charge in [0.05, 0.1) is 0 Å². The van der Waals surface area contributed by atoms with Crippen LogP contribution in [0.15, 0.2) is 41.3 Å². The van der Waals surface area contributed by atoms with E-state index in [9.17, 15) is 23.8 Å². The van der Waals surface area contributed by atoms with Gasteiger partial charge in [-0.05, 0) is 49.7 Å². The first kappa shape index (κ1) is 21.7. The van der Waals surface area contributed by atoms with Gasteiger partial charge in [-0.25, -0.2) is 4.39 Å². The zero-order valence-corrected chi connectivity index (χ0v) is 15.2. The lowest BCUT2D eigenvalue weighted by molar-refractivity contribution is 0.352. The molecular formula is C18H24F6S. The van der Waals surface area contributed by atoms with E-state index in [-0.39, 0.29) is 24.8 Å². The maximum Gasteiger partial charge on any atom is 0.313 e. The smallest absolute Gasteiger partial charge is 0.205 e. The van der Waals surface area contributed by atoms with Gasteiger partial charge in [0.15, 0.2) is 0 Å². The molecule has 1 rings (SSSR count). The molecule has 25 heavy (non-hydrogen) atoms. The molecule has 0 aliphatic heterocycles. The molecule has 7 heteroatoms. The number of hydrogen-bond donors (Lipinski definition) is 0. The van der Waals surface area contributed by atoms with Crippen molar-refractivity contribution >= 4 is 10.2 Å². The zero-order chi connectivity index (χ0) is 19.2. The molecule has 0 aromatic heterocycles. The van der Waals surface area contributed by atoms with Crippen LogP contribution in [0.2, 0.25) is 0 Å². The third-order valence-corrected chi connectivity index (χ3v) is 4.82. The Kier molecular flexibility index (Phi) is 6.48. The van der Waals surface area contributed by atoms with Gasteiger partial charge in [-0.3, -0.25) is 0 Å². The minimum Gasteiger partial charge on any atom is -0.205 e. The van der Waals surface area contributed by atoms with Crippen LogP contribution in [-0.4, -0.2) is 0 Å². The summed E-state index contributed by atoms with van der Waals surface area (Å²) in [5.41, 5.74) is -1.03. The van der Waals surface area contributed by atoms with E-state index in [1.54, 1.807) is 24.3 Å². The van der Waals surface area contributed by atoms with Gasteiger partial charge < -0.3 is 0 Å². The maximum atomic E-state index is 14.4. The molecular weight excluding hydrogens is 362 g/mol. The maximum absolute atomic E-state index is 14.4. The number of hydrogen-bond acceptors (Lipinski definition) is 0. The highest BCUT2D eigenvalue weighted by Gasteiger charge is 2.68. The van der Waals surface area contributed by atoms with Crippen molar-refractivity contribution < 1.29 is 23.8 Å². The predicted octanol–water partition coefficient (Wildman–Crippen LogP) is 8.28. The van der Waals surface area contributed by atoms with Gasteiger partial charge in [-0.2, -0.15) is 0 Å². The first-order valence-corrected chi connectivity index (χ1v) is 10.2. The monoisotopic (exact) mass is 386 g/mol. The summed E-state index contributed by atoms with van der Waals surface area (Å²) in [6.45, 7) is 3.73. The van der Waals surface area contributed by atoms with Crippen LogP contribution in [-0.2, 0) is 12.8 Å². The second kappa shape index (κ2) is 7.48. The van der Waals surface area contributed by atoms with Crippen molar-refractivity contribution in [1.82, 2.24) is 0 Å². The molecule has 0 bridgehead atoms. The fourth-order valence-corrected chi connectivity index (χ4v) is 3.63. The van der Waals surface area contributed by atoms with Crippen molar-refractivity contribution in [2.75, 3.05) is 0 Å². The summed E-state index contributed by atoms with van der Waals surface area (Å²) >= 11 is 0. The minimum atomic E-state index is -10.1. The molecule has 0 atom stereocenters. The molecule has 0 radical (unpaired) electrons. The van der Waals surface area contributed by atoms with Gasteiger partial charge >= 0.3 is 10.2 Å². The van der Waals surface area contributed by atoms with Crippen LogP contribution in [0.25, 0.3) is 0 Å². The van der Waals surface area contributed by atoms with E-state index in [1.807, 2.05) is 13.8 Å². The highest BCUT2D eigenvalue weighted by Crippen LogP contribution is 3.02. The summed E-state index contributed by atoms with van der Waals surface area (Å²) in [5, 5.41) is 0. The van der Waals surface area contributed by atoms with E-state index in [4.69, 9.17) is 0 Å². The number of rotatable bonds is 9. The Labute approximate surface area is 145 Å². The molecule has 1 aromatic carbocycles. The van der Waals surface area contributed by atoms with E-state index in [0.717, 1.165) is 12.5 Å². The second-order valence-corrected chi connectivity index (χ2v) is 8.18. The first-order chi connectivity index (χ1) is 11.4. The molecule has 144 valence electrons. The van der Waals surface area contributed by atoms with Gasteiger partial charge in [0, 0.05) is 0 Å². The van der Waals surface area contributed by atoms with E-state index in [2.05, 4.69) is 0 Å². The fourth-order valence-electron chi connectivity index (χ4n) is 2.49. The summed E-state index contributed by atoms with van der Waals surface area (Å²) in [7, 11) is -10.1. The van der Waals surface area contributed by atoms with E-state index in [0.29, 0.717) is 12.8 Å². The van der Waals surface area contributed by atoms with Crippen LogP contribution in [0.3, 0.4) is 0 Å². The van der Waals surface area contributed by atoms with Gasteiger partial charge in [0.1, 0.15) is 10.7 Å². The van der Waals surface area contributed by atoms with Crippen molar-refractivity contribution in [2.24, 2.45) is 0 Å². The van der Waals surface area contributed by atoms with Crippen molar-refractivity contribution in [1.29, 1.82) is 0 Å². The average molecular weight is 386 g/mol. The second-order valence-electron chi connectivity index (χ2n) is 5.83. The molecule has 0 unspecified atom stereocenters. The Balaban J connectivity index is 3.29. The number of benzene rings is 1. The van der Waals surface area contributed by atoms with Gasteiger partial charge in [-0.15, -0.1) is 0 Å². The van der Waals surface area contributed by atoms with E-state index in [1.165, 1.54) is 6.07 Å². The first-order valence-electron chi connectivity index (χ1n) is 8.25. The molecule has 0 aliphatic rings. The van der Waals surface area contributed by atoms with Crippen molar-refractivity contribution in [3.8, 4) is 0 Å². The molecule has 1 aromatic rings. The Morgan fingerprint density at radius 2 is 1.20 bits per heavy atom. The lowest BCUT2D eigenvalue weighted by atomic mass is 10.0. The molecule has 0 aliphatic carbocycles. The van der Waals surface area contributed by atoms with Crippen molar-refractivity contribution in [3.05, 3.63) is 53.4 Å². The molecule has 0 saturated carbocycles. The van der Waals surface area contributed by atoms with Crippen molar-refractivity contribution in [3.63, 3.8) is 0 Å². The number of allylic oxidation sites excluding steroid dienone is 4. The van der Waals surface area contributed by atoms with Crippen LogP contribution < -0.4 is 0 Å². The third-order valence-electron chi connectivity index (χ3n) is 3.61. The Morgan fingerprint density at radius 1 is 0.760 bits per heavy atom. The third kappa shape index (κ3) is 6.80. The zero-order valence-electron chi connectivity index (χ0n) is 14.4. The lowest BCUT2D eigenvalue weighted by Gasteiger charge is -2.42. The van der Waals surface area contributed by atoms with Gasteiger partial charge in [0.2, 0.25) is 0 Å². The van der Waals surface area contributed by atoms with Crippen molar-refractivity contribution in [2.45, 2.75) is 57.3 Å². The van der Waals surface area contributed by atoms with Crippen LogP contribution in [0.5, 0.6) is 0 Å². The molecule has 0 spiro atoms. The summed E-state index contributed by atoms with van der Waals surface area (Å²) < 4.78 is 81.4. The van der Waals surface area contributed by atoms with E-state index >= 15 is 0 Å². The number of halogens is 6. The highest BCUT2D eigenvalue weighted by molar-refractivity contribution is 8.45. The topological polar surface area (TPSA) is 0 Å². The Morgan fingerprint density at radius 3 is 1.64 bits per heavy atom. The summed E-state index contributed by atoms with van der Waals surface area (Å²) in [6.07, 6.45) is 8.34. The summed E-state index contributed by atoms with van der Waals surface area (Å²) in [4.78, 5) is -2.35. The average Bonchev–Trinajstić information content (AvgIpc) is 2.47. The van der Waals surface area contributed by atoms with Crippen LogP contribution in [0.4, 0.5) is 23.8 Å². The van der Waals surface area contributed by atoms with Crippen LogP contribution in [0, 0.1) is 5.82 Å². The SMILES string of the molecule is CC/C=C/CCc1ccc(CC/C=C/CC)c(S(F)(F)(F)(F)F)c1F. The van der Waals surface area contributed by atoms with Gasteiger partial charge in [-0.1, -0.05) is 69.7 Å². The standard InChI is InChI=1S/C18H24F6S/c1-3-5-7-9-11-15-13-14-16(12-10-8-6-4-2)18(17(15)19)25(20,21,22,23)24/h5-8,13-14H,3-4,9-12H2,1-2H3/b7-5+,8-6+. The molecule has 0 fully saturated rings. The molecule has 0 N–H and O–H groups in total. The molecule has 0 amide bonds. The Hall–Kier alpha value is -1.37. The predicted molar refractivity (Wildman–Crippen MR) is 93.3 cm³/mol. The Bertz CT molecular complexity index is 644. The highest BCUT2D eigenvalue weighted by atomic mass is 32.5. The summed E-state index contributed by atoms with van der Waals surface area (Å²) in [5.74, 6) is -1.83. The molecule has 0 nitrogen and oxygen atoms in total. The van der Waals surface area contributed by atoms with Gasteiger partial charge in [0.25, 0.3) is 0 Å².